The van der Waals surface area contributed by atoms with E-state index in [-0.39, 0.29) is 25.7 Å². The van der Waals surface area contributed by atoms with Gasteiger partial charge in [0.15, 0.2) is 12.2 Å². The first-order valence-corrected chi connectivity index (χ1v) is 43.7. The van der Waals surface area contributed by atoms with Gasteiger partial charge in [0.25, 0.3) is 0 Å². The number of ether oxygens (including phenoxy) is 4. The third-order valence-corrected chi connectivity index (χ3v) is 18.4. The minimum absolute atomic E-state index is 0.0643. The first-order chi connectivity index (χ1) is 51.7. The second kappa shape index (κ2) is 77.8. The lowest BCUT2D eigenvalue weighted by Gasteiger charge is -2.21. The van der Waals surface area contributed by atoms with E-state index >= 15 is 0 Å². The van der Waals surface area contributed by atoms with Crippen LogP contribution >= 0.6 is 15.6 Å². The van der Waals surface area contributed by atoms with E-state index in [0.29, 0.717) is 25.7 Å². The van der Waals surface area contributed by atoms with Crippen LogP contribution < -0.4 is 0 Å². The Hall–Kier alpha value is -5.32. The van der Waals surface area contributed by atoms with E-state index in [1.165, 1.54) is 19.3 Å². The van der Waals surface area contributed by atoms with E-state index in [4.69, 9.17) is 37.0 Å². The van der Waals surface area contributed by atoms with E-state index in [2.05, 4.69) is 186 Å². The molecular weight excluding hydrogens is 1380 g/mol. The van der Waals surface area contributed by atoms with Gasteiger partial charge in [0.05, 0.1) is 26.4 Å². The Bertz CT molecular complexity index is 2630. The minimum atomic E-state index is -5.00. The Kier molecular flexibility index (Phi) is 73.9. The highest BCUT2D eigenvalue weighted by Gasteiger charge is 2.30. The molecule has 0 aliphatic carbocycles. The highest BCUT2D eigenvalue weighted by atomic mass is 31.2. The topological polar surface area (TPSA) is 237 Å². The predicted molar refractivity (Wildman–Crippen MR) is 436 cm³/mol. The first kappa shape index (κ1) is 101. The standard InChI is InChI=1S/C87H144O17P2/c1-5-9-13-17-21-25-29-33-37-39-40-42-46-48-52-56-60-64-68-72-85(90)98-78-83(104-87(92)74-70-66-62-58-54-50-44-36-32-28-24-20-16-12-8-4)80-102-106(95,96)100-76-81(88)75-99-105(93,94)101-79-82(103-86(91)73-69-65-61-57-53-49-43-35-31-27-23-19-15-11-7-3)77-97-84(89)71-67-63-59-55-51-47-45-41-38-34-30-26-22-18-14-10-6-2/h10-12,14-16,21-28,33-38,40,42-45,47,81-83,88H,5-9,13,17-20,29-32,39,41,46,48-80H2,1-4H3,(H,93,94)(H,95,96)/b14-10-,15-11-,16-12-,25-21-,26-22-,27-23-,28-24-,37-33-,38-34-,42-40-,43-35-,44-36-,47-45-. The van der Waals surface area contributed by atoms with E-state index in [1.807, 2.05) is 0 Å². The summed E-state index contributed by atoms with van der Waals surface area (Å²) in [4.78, 5) is 73.1. The van der Waals surface area contributed by atoms with Crippen LogP contribution in [0.5, 0.6) is 0 Å². The maximum absolute atomic E-state index is 13.1. The molecule has 0 spiro atoms. The van der Waals surface area contributed by atoms with E-state index in [9.17, 15) is 43.2 Å². The fourth-order valence-corrected chi connectivity index (χ4v) is 11.9. The van der Waals surface area contributed by atoms with Gasteiger partial charge in [-0.1, -0.05) is 276 Å². The fraction of sp³-hybridized carbons (Fsp3) is 0.655. The summed E-state index contributed by atoms with van der Waals surface area (Å²) in [6, 6.07) is 0. The summed E-state index contributed by atoms with van der Waals surface area (Å²) in [5, 5.41) is 10.7. The number of phosphoric acid groups is 2. The highest BCUT2D eigenvalue weighted by Crippen LogP contribution is 2.45. The SMILES string of the molecule is CC/C=C\C/C=C\C/C=C\C/C=C\CCCCCCC(=O)OCC(COP(=O)(O)OCC(O)COP(=O)(O)OCC(COC(=O)CCCCCCCC/C=C\C/C=C\C/C=C\CCCCC)OC(=O)CCCCCCC/C=C\C/C=C\C/C=C\CC)OC(=O)CCCCCCC/C=C\C/C=C\C/C=C\CC. The van der Waals surface area contributed by atoms with Crippen LogP contribution in [0.4, 0.5) is 0 Å². The van der Waals surface area contributed by atoms with Gasteiger partial charge in [0, 0.05) is 25.7 Å². The van der Waals surface area contributed by atoms with Crippen molar-refractivity contribution < 1.29 is 80.2 Å². The Balaban J connectivity index is 5.43. The van der Waals surface area contributed by atoms with Gasteiger partial charge in [-0.15, -0.1) is 0 Å². The van der Waals surface area contributed by atoms with Crippen molar-refractivity contribution in [2.45, 2.75) is 329 Å². The van der Waals surface area contributed by atoms with Crippen molar-refractivity contribution in [2.24, 2.45) is 0 Å². The number of carbonyl (C=O) groups excluding carboxylic acids is 4. The first-order valence-electron chi connectivity index (χ1n) is 40.7. The number of phosphoric ester groups is 2. The summed E-state index contributed by atoms with van der Waals surface area (Å²) in [7, 11) is -9.99. The molecule has 0 aromatic carbocycles. The van der Waals surface area contributed by atoms with Crippen LogP contribution in [-0.4, -0.2) is 96.7 Å². The summed E-state index contributed by atoms with van der Waals surface area (Å²) < 4.78 is 68.6. The Labute approximate surface area is 642 Å². The number of unbranched alkanes of at least 4 members (excludes halogenated alkanes) is 23. The number of aliphatic hydroxyl groups is 1. The van der Waals surface area contributed by atoms with E-state index in [1.54, 1.807) is 0 Å². The van der Waals surface area contributed by atoms with Gasteiger partial charge in [0.1, 0.15) is 19.3 Å². The van der Waals surface area contributed by atoms with Crippen molar-refractivity contribution in [1.29, 1.82) is 0 Å². The number of rotatable bonds is 75. The number of aliphatic hydroxyl groups excluding tert-OH is 1. The minimum Gasteiger partial charge on any atom is -0.462 e. The second-order valence-electron chi connectivity index (χ2n) is 26.6. The maximum atomic E-state index is 13.1. The molecule has 3 N–H and O–H groups in total. The molecule has 0 aromatic heterocycles. The Morgan fingerprint density at radius 1 is 0.274 bits per heavy atom. The quantitative estimate of drug-likeness (QED) is 0.0169. The number of hydrogen-bond acceptors (Lipinski definition) is 15. The summed E-state index contributed by atoms with van der Waals surface area (Å²) in [6.45, 7) is 4.43. The summed E-state index contributed by atoms with van der Waals surface area (Å²) in [6.07, 6.45) is 90.7. The van der Waals surface area contributed by atoms with E-state index < -0.39 is 97.5 Å². The monoisotopic (exact) mass is 1520 g/mol. The van der Waals surface area contributed by atoms with Crippen LogP contribution in [0.25, 0.3) is 0 Å². The molecule has 604 valence electrons. The van der Waals surface area contributed by atoms with Crippen LogP contribution in [0.3, 0.4) is 0 Å². The Morgan fingerprint density at radius 3 is 0.755 bits per heavy atom. The molecule has 19 heteroatoms. The van der Waals surface area contributed by atoms with Crippen molar-refractivity contribution in [1.82, 2.24) is 0 Å². The number of esters is 4. The van der Waals surface area contributed by atoms with Gasteiger partial charge >= 0.3 is 39.5 Å². The molecule has 0 bridgehead atoms. The molecule has 0 saturated carbocycles. The molecule has 5 unspecified atom stereocenters. The molecule has 0 saturated heterocycles. The predicted octanol–water partition coefficient (Wildman–Crippen LogP) is 24.0. The zero-order valence-electron chi connectivity index (χ0n) is 66.1. The summed E-state index contributed by atoms with van der Waals surface area (Å²) in [5.41, 5.74) is 0. The van der Waals surface area contributed by atoms with Gasteiger partial charge < -0.3 is 33.8 Å². The summed E-state index contributed by atoms with van der Waals surface area (Å²) >= 11 is 0. The van der Waals surface area contributed by atoms with Crippen molar-refractivity contribution in [2.75, 3.05) is 39.6 Å². The third kappa shape index (κ3) is 76.9. The largest absolute Gasteiger partial charge is 0.472 e. The van der Waals surface area contributed by atoms with Gasteiger partial charge in [-0.05, 0) is 167 Å². The number of hydrogen-bond donors (Lipinski definition) is 3. The number of allylic oxidation sites excluding steroid dienone is 26. The average molecular weight is 1520 g/mol. The van der Waals surface area contributed by atoms with Gasteiger partial charge in [-0.25, -0.2) is 9.13 Å². The molecule has 0 radical (unpaired) electrons. The van der Waals surface area contributed by atoms with E-state index in [0.717, 1.165) is 212 Å². The molecule has 5 atom stereocenters. The smallest absolute Gasteiger partial charge is 0.462 e. The molecule has 0 aromatic rings. The molecule has 0 rings (SSSR count). The van der Waals surface area contributed by atoms with Gasteiger partial charge in [-0.2, -0.15) is 0 Å². The molecular formula is C87H144O17P2. The lowest BCUT2D eigenvalue weighted by Crippen LogP contribution is -2.30. The normalized spacial score (nSPS) is 14.7. The molecule has 17 nitrogen and oxygen atoms in total. The highest BCUT2D eigenvalue weighted by molar-refractivity contribution is 7.47. The van der Waals surface area contributed by atoms with Crippen molar-refractivity contribution >= 4 is 39.5 Å². The summed E-state index contributed by atoms with van der Waals surface area (Å²) in [5.74, 6) is -2.26. The molecule has 106 heavy (non-hydrogen) atoms. The van der Waals surface area contributed by atoms with Gasteiger partial charge in [-0.3, -0.25) is 37.3 Å². The van der Waals surface area contributed by atoms with Crippen LogP contribution in [0.2, 0.25) is 0 Å². The maximum Gasteiger partial charge on any atom is 0.472 e. The zero-order valence-corrected chi connectivity index (χ0v) is 67.8. The number of carbonyl (C=O) groups is 4. The average Bonchev–Trinajstić information content (AvgIpc) is 0.928. The van der Waals surface area contributed by atoms with Crippen LogP contribution in [0.1, 0.15) is 310 Å². The Morgan fingerprint density at radius 2 is 0.491 bits per heavy atom. The lowest BCUT2D eigenvalue weighted by atomic mass is 10.1. The van der Waals surface area contributed by atoms with Gasteiger partial charge in [0.2, 0.25) is 0 Å². The van der Waals surface area contributed by atoms with Crippen molar-refractivity contribution in [3.05, 3.63) is 158 Å². The molecule has 0 amide bonds. The second-order valence-corrected chi connectivity index (χ2v) is 29.5. The molecule has 0 aliphatic rings. The van der Waals surface area contributed by atoms with Crippen LogP contribution in [0, 0.1) is 0 Å². The molecule has 0 heterocycles. The van der Waals surface area contributed by atoms with Crippen LogP contribution in [-0.2, 0) is 65.4 Å². The fourth-order valence-electron chi connectivity index (χ4n) is 10.4. The van der Waals surface area contributed by atoms with Crippen LogP contribution in [0.15, 0.2) is 158 Å². The van der Waals surface area contributed by atoms with Crippen molar-refractivity contribution in [3.8, 4) is 0 Å². The van der Waals surface area contributed by atoms with Crippen molar-refractivity contribution in [3.63, 3.8) is 0 Å². The third-order valence-electron chi connectivity index (χ3n) is 16.5. The lowest BCUT2D eigenvalue weighted by molar-refractivity contribution is -0.161. The molecule has 0 fully saturated rings. The molecule has 0 aliphatic heterocycles. The zero-order chi connectivity index (χ0) is 77.4.